The summed E-state index contributed by atoms with van der Waals surface area (Å²) in [6.07, 6.45) is 4.97. The molecule has 2 atom stereocenters. The number of aromatic amines is 1. The second-order valence-electron chi connectivity index (χ2n) is 7.02. The van der Waals surface area contributed by atoms with Gasteiger partial charge in [-0.1, -0.05) is 31.9 Å². The van der Waals surface area contributed by atoms with Crippen LogP contribution in [-0.4, -0.2) is 33.4 Å². The molecule has 1 fully saturated rings. The maximum Gasteiger partial charge on any atom is 0.262 e. The molecule has 0 radical (unpaired) electrons. The van der Waals surface area contributed by atoms with Gasteiger partial charge in [-0.3, -0.25) is 14.2 Å². The lowest BCUT2D eigenvalue weighted by Gasteiger charge is -2.36. The molecular formula is C19H25N3O2S. The Morgan fingerprint density at radius 2 is 2.04 bits per heavy atom. The fourth-order valence-electron chi connectivity index (χ4n) is 3.84. The monoisotopic (exact) mass is 359 g/mol. The summed E-state index contributed by atoms with van der Waals surface area (Å²) in [7, 11) is 1.89. The van der Waals surface area contributed by atoms with Crippen molar-refractivity contribution in [3.05, 3.63) is 39.4 Å². The SMILES string of the molecule is C[C@H]1CCCC[C@@H]1N(C)C(=O)CCn1c(=S)[nH]c2ccccc2c1=O. The smallest absolute Gasteiger partial charge is 0.262 e. The molecule has 2 aromatic rings. The first-order valence-electron chi connectivity index (χ1n) is 8.96. The Morgan fingerprint density at radius 3 is 2.80 bits per heavy atom. The van der Waals surface area contributed by atoms with E-state index in [1.165, 1.54) is 23.8 Å². The maximum atomic E-state index is 12.6. The minimum atomic E-state index is -0.138. The molecule has 1 saturated carbocycles. The molecule has 0 aliphatic heterocycles. The summed E-state index contributed by atoms with van der Waals surface area (Å²) < 4.78 is 1.86. The van der Waals surface area contributed by atoms with Crippen LogP contribution < -0.4 is 5.56 Å². The lowest BCUT2D eigenvalue weighted by molar-refractivity contribution is -0.133. The summed E-state index contributed by atoms with van der Waals surface area (Å²) >= 11 is 5.31. The number of aromatic nitrogens is 2. The molecule has 1 aromatic heterocycles. The number of rotatable bonds is 4. The first-order valence-corrected chi connectivity index (χ1v) is 9.37. The Balaban J connectivity index is 1.75. The number of carbonyl (C=O) groups excluding carboxylic acids is 1. The molecule has 5 nitrogen and oxygen atoms in total. The van der Waals surface area contributed by atoms with Crippen LogP contribution in [0, 0.1) is 10.7 Å². The first kappa shape index (κ1) is 17.9. The number of amides is 1. The fraction of sp³-hybridized carbons (Fsp3) is 0.526. The normalized spacial score (nSPS) is 20.6. The highest BCUT2D eigenvalue weighted by Gasteiger charge is 2.27. The summed E-state index contributed by atoms with van der Waals surface area (Å²) in [6, 6.07) is 7.61. The van der Waals surface area contributed by atoms with E-state index < -0.39 is 0 Å². The van der Waals surface area contributed by atoms with Crippen LogP contribution in [0.1, 0.15) is 39.0 Å². The number of fused-ring (bicyclic) bond motifs is 1. The fourth-order valence-corrected chi connectivity index (χ4v) is 4.13. The summed E-state index contributed by atoms with van der Waals surface area (Å²) in [4.78, 5) is 30.2. The van der Waals surface area contributed by atoms with Crippen molar-refractivity contribution in [3.8, 4) is 0 Å². The van der Waals surface area contributed by atoms with E-state index in [4.69, 9.17) is 12.2 Å². The number of carbonyl (C=O) groups is 1. The van der Waals surface area contributed by atoms with E-state index in [1.807, 2.05) is 30.1 Å². The molecule has 1 aliphatic carbocycles. The Morgan fingerprint density at radius 1 is 1.32 bits per heavy atom. The number of para-hydroxylation sites is 1. The topological polar surface area (TPSA) is 58.1 Å². The zero-order valence-electron chi connectivity index (χ0n) is 14.8. The molecule has 1 heterocycles. The summed E-state index contributed by atoms with van der Waals surface area (Å²) in [5, 5.41) is 0.595. The van der Waals surface area contributed by atoms with Gasteiger partial charge in [0.05, 0.1) is 10.9 Å². The van der Waals surface area contributed by atoms with Gasteiger partial charge in [-0.25, -0.2) is 0 Å². The third-order valence-corrected chi connectivity index (χ3v) is 5.72. The number of nitrogens with one attached hydrogen (secondary N) is 1. The first-order chi connectivity index (χ1) is 12.0. The molecule has 1 aliphatic rings. The lowest BCUT2D eigenvalue weighted by Crippen LogP contribution is -2.43. The van der Waals surface area contributed by atoms with Gasteiger partial charge in [0.1, 0.15) is 0 Å². The maximum absolute atomic E-state index is 12.6. The van der Waals surface area contributed by atoms with E-state index in [-0.39, 0.29) is 17.9 Å². The van der Waals surface area contributed by atoms with Crippen molar-refractivity contribution < 1.29 is 4.79 Å². The third-order valence-electron chi connectivity index (χ3n) is 5.40. The van der Waals surface area contributed by atoms with Crippen molar-refractivity contribution in [1.82, 2.24) is 14.5 Å². The van der Waals surface area contributed by atoms with Gasteiger partial charge in [-0.2, -0.15) is 0 Å². The van der Waals surface area contributed by atoms with Crippen molar-refractivity contribution in [2.45, 2.75) is 51.6 Å². The molecule has 0 unspecified atom stereocenters. The predicted octanol–water partition coefficient (Wildman–Crippen LogP) is 3.49. The van der Waals surface area contributed by atoms with Crippen molar-refractivity contribution in [3.63, 3.8) is 0 Å². The van der Waals surface area contributed by atoms with Gasteiger partial charge in [0.15, 0.2) is 4.77 Å². The van der Waals surface area contributed by atoms with E-state index in [0.717, 1.165) is 11.9 Å². The zero-order valence-corrected chi connectivity index (χ0v) is 15.6. The average molecular weight is 359 g/mol. The van der Waals surface area contributed by atoms with Gasteiger partial charge in [0.25, 0.3) is 5.56 Å². The highest BCUT2D eigenvalue weighted by atomic mass is 32.1. The van der Waals surface area contributed by atoms with Crippen LogP contribution in [-0.2, 0) is 11.3 Å². The van der Waals surface area contributed by atoms with Gasteiger partial charge in [0, 0.05) is 26.1 Å². The minimum absolute atomic E-state index is 0.0770. The molecule has 0 bridgehead atoms. The summed E-state index contributed by atoms with van der Waals surface area (Å²) in [6.45, 7) is 2.53. The Bertz CT molecular complexity index is 886. The highest BCUT2D eigenvalue weighted by Crippen LogP contribution is 2.27. The standard InChI is InChI=1S/C19H25N3O2S/c1-13-7-3-6-10-16(13)21(2)17(23)11-12-22-18(24)14-8-4-5-9-15(14)20-19(22)25/h4-5,8-9,13,16H,3,6-7,10-12H2,1-2H3,(H,20,25)/t13-,16-/m0/s1. The van der Waals surface area contributed by atoms with E-state index in [1.54, 1.807) is 6.07 Å². The predicted molar refractivity (Wildman–Crippen MR) is 102 cm³/mol. The van der Waals surface area contributed by atoms with Crippen molar-refractivity contribution >= 4 is 29.0 Å². The van der Waals surface area contributed by atoms with Crippen molar-refractivity contribution in [2.24, 2.45) is 5.92 Å². The van der Waals surface area contributed by atoms with Gasteiger partial charge in [0.2, 0.25) is 5.91 Å². The van der Waals surface area contributed by atoms with Crippen LogP contribution >= 0.6 is 12.2 Å². The molecule has 6 heteroatoms. The molecular weight excluding hydrogens is 334 g/mol. The molecule has 0 saturated heterocycles. The number of H-pyrrole nitrogens is 1. The lowest BCUT2D eigenvalue weighted by atomic mass is 9.85. The average Bonchev–Trinajstić information content (AvgIpc) is 2.61. The van der Waals surface area contributed by atoms with Crippen molar-refractivity contribution in [2.75, 3.05) is 7.05 Å². The van der Waals surface area contributed by atoms with Crippen LogP contribution in [0.4, 0.5) is 0 Å². The molecule has 1 N–H and O–H groups in total. The number of hydrogen-bond acceptors (Lipinski definition) is 3. The van der Waals surface area contributed by atoms with Gasteiger partial charge < -0.3 is 9.88 Å². The summed E-state index contributed by atoms with van der Waals surface area (Å²) in [5.74, 6) is 0.613. The summed E-state index contributed by atoms with van der Waals surface area (Å²) in [5.41, 5.74) is 0.592. The Labute approximate surface area is 152 Å². The number of nitrogens with zero attached hydrogens (tertiary/aromatic N) is 2. The van der Waals surface area contributed by atoms with Gasteiger partial charge in [-0.05, 0) is 43.1 Å². The second-order valence-corrected chi connectivity index (χ2v) is 7.40. The van der Waals surface area contributed by atoms with E-state index in [0.29, 0.717) is 28.7 Å². The molecule has 1 amide bonds. The van der Waals surface area contributed by atoms with Crippen LogP contribution in [0.5, 0.6) is 0 Å². The molecule has 0 spiro atoms. The van der Waals surface area contributed by atoms with Crippen molar-refractivity contribution in [1.29, 1.82) is 0 Å². The van der Waals surface area contributed by atoms with Crippen LogP contribution in [0.3, 0.4) is 0 Å². The quantitative estimate of drug-likeness (QED) is 0.850. The highest BCUT2D eigenvalue weighted by molar-refractivity contribution is 7.71. The van der Waals surface area contributed by atoms with Crippen LogP contribution in [0.25, 0.3) is 10.9 Å². The molecule has 25 heavy (non-hydrogen) atoms. The second kappa shape index (κ2) is 7.52. The molecule has 1 aromatic carbocycles. The number of hydrogen-bond donors (Lipinski definition) is 1. The van der Waals surface area contributed by atoms with Crippen LogP contribution in [0.15, 0.2) is 29.1 Å². The molecule has 3 rings (SSSR count). The third kappa shape index (κ3) is 3.68. The van der Waals surface area contributed by atoms with E-state index in [9.17, 15) is 9.59 Å². The zero-order chi connectivity index (χ0) is 18.0. The Hall–Kier alpha value is -1.95. The van der Waals surface area contributed by atoms with E-state index >= 15 is 0 Å². The number of benzene rings is 1. The Kier molecular flexibility index (Phi) is 5.37. The van der Waals surface area contributed by atoms with Crippen LogP contribution in [0.2, 0.25) is 0 Å². The largest absolute Gasteiger partial charge is 0.342 e. The van der Waals surface area contributed by atoms with Gasteiger partial charge >= 0.3 is 0 Å². The van der Waals surface area contributed by atoms with E-state index in [2.05, 4.69) is 11.9 Å². The van der Waals surface area contributed by atoms with Gasteiger partial charge in [-0.15, -0.1) is 0 Å². The minimum Gasteiger partial charge on any atom is -0.342 e. The molecule has 134 valence electrons.